The van der Waals surface area contributed by atoms with Gasteiger partial charge in [0.05, 0.1) is 13.0 Å². The molecule has 0 radical (unpaired) electrons. The van der Waals surface area contributed by atoms with Crippen molar-refractivity contribution < 1.29 is 28.6 Å². The van der Waals surface area contributed by atoms with Gasteiger partial charge in [-0.15, -0.1) is 0 Å². The molecule has 27 heavy (non-hydrogen) atoms. The quantitative estimate of drug-likeness (QED) is 0.592. The zero-order valence-corrected chi connectivity index (χ0v) is 17.6. The van der Waals surface area contributed by atoms with Gasteiger partial charge in [-0.2, -0.15) is 0 Å². The van der Waals surface area contributed by atoms with Crippen LogP contribution >= 0.6 is 0 Å². The largest absolute Gasteiger partial charge is 0.469 e. The first-order valence-electron chi connectivity index (χ1n) is 9.35. The van der Waals surface area contributed by atoms with E-state index in [4.69, 9.17) is 14.2 Å². The number of nitrogens with one attached hydrogen (secondary N) is 1. The Balaban J connectivity index is 2.75. The van der Waals surface area contributed by atoms with Crippen LogP contribution in [0.2, 0.25) is 0 Å². The minimum atomic E-state index is -0.594. The molecule has 1 N–H and O–H groups in total. The van der Waals surface area contributed by atoms with Crippen LogP contribution in [0.25, 0.3) is 0 Å². The van der Waals surface area contributed by atoms with E-state index in [0.29, 0.717) is 25.9 Å². The van der Waals surface area contributed by atoms with E-state index in [-0.39, 0.29) is 18.4 Å². The summed E-state index contributed by atoms with van der Waals surface area (Å²) in [5.74, 6) is -0.896. The maximum absolute atomic E-state index is 12.3. The molecular weight excluding hydrogens is 352 g/mol. The molecular formula is C19H34N2O6. The second-order valence-electron chi connectivity index (χ2n) is 8.82. The van der Waals surface area contributed by atoms with Gasteiger partial charge < -0.3 is 24.4 Å². The van der Waals surface area contributed by atoms with E-state index in [2.05, 4.69) is 5.32 Å². The van der Waals surface area contributed by atoms with Gasteiger partial charge in [-0.3, -0.25) is 4.79 Å². The van der Waals surface area contributed by atoms with Crippen molar-refractivity contribution in [2.24, 2.45) is 11.8 Å². The monoisotopic (exact) mass is 386 g/mol. The van der Waals surface area contributed by atoms with Gasteiger partial charge >= 0.3 is 18.2 Å². The summed E-state index contributed by atoms with van der Waals surface area (Å²) in [5.41, 5.74) is -1.17. The van der Waals surface area contributed by atoms with Crippen molar-refractivity contribution in [3.63, 3.8) is 0 Å². The van der Waals surface area contributed by atoms with Gasteiger partial charge in [0, 0.05) is 19.6 Å². The number of esters is 1. The lowest BCUT2D eigenvalue weighted by molar-refractivity contribution is -0.147. The van der Waals surface area contributed by atoms with Crippen LogP contribution in [0, 0.1) is 11.8 Å². The summed E-state index contributed by atoms with van der Waals surface area (Å²) in [4.78, 5) is 38.1. The van der Waals surface area contributed by atoms with E-state index >= 15 is 0 Å². The Morgan fingerprint density at radius 3 is 2.04 bits per heavy atom. The number of carbonyl (C=O) groups excluding carboxylic acids is 3. The molecule has 0 spiro atoms. The number of rotatable bonds is 3. The molecule has 1 heterocycles. The van der Waals surface area contributed by atoms with Crippen LogP contribution in [-0.4, -0.2) is 61.0 Å². The summed E-state index contributed by atoms with van der Waals surface area (Å²) in [7, 11) is 1.34. The summed E-state index contributed by atoms with van der Waals surface area (Å²) in [6.07, 6.45) is 0.0766. The molecule has 1 aliphatic rings. The van der Waals surface area contributed by atoms with E-state index in [9.17, 15) is 14.4 Å². The molecule has 0 aromatic rings. The van der Waals surface area contributed by atoms with Crippen LogP contribution in [0.15, 0.2) is 0 Å². The summed E-state index contributed by atoms with van der Waals surface area (Å²) in [6, 6.07) is 0. The van der Waals surface area contributed by atoms with Crippen LogP contribution in [0.3, 0.4) is 0 Å². The first-order chi connectivity index (χ1) is 12.3. The molecule has 0 unspecified atom stereocenters. The number of likely N-dealkylation sites (tertiary alicyclic amines) is 1. The highest BCUT2D eigenvalue weighted by molar-refractivity contribution is 5.73. The molecule has 8 nitrogen and oxygen atoms in total. The highest BCUT2D eigenvalue weighted by Crippen LogP contribution is 2.26. The van der Waals surface area contributed by atoms with E-state index in [1.807, 2.05) is 20.8 Å². The smallest absolute Gasteiger partial charge is 0.410 e. The minimum absolute atomic E-state index is 0.155. The van der Waals surface area contributed by atoms with Crippen molar-refractivity contribution in [1.29, 1.82) is 0 Å². The first kappa shape index (κ1) is 23.0. The number of hydrogen-bond donors (Lipinski definition) is 1. The maximum atomic E-state index is 12.3. The number of methoxy groups -OCH3 is 1. The maximum Gasteiger partial charge on any atom is 0.410 e. The average molecular weight is 386 g/mol. The molecule has 0 saturated carbocycles. The number of alkyl carbamates (subject to hydrolysis) is 1. The van der Waals surface area contributed by atoms with Gasteiger partial charge in [0.15, 0.2) is 0 Å². The molecule has 1 rings (SSSR count). The first-order valence-corrected chi connectivity index (χ1v) is 9.35. The molecule has 8 heteroatoms. The fourth-order valence-electron chi connectivity index (χ4n) is 2.91. The Morgan fingerprint density at radius 2 is 1.52 bits per heavy atom. The summed E-state index contributed by atoms with van der Waals surface area (Å²) >= 11 is 0. The number of carbonyl (C=O) groups is 3. The van der Waals surface area contributed by atoms with Gasteiger partial charge in [-0.05, 0) is 60.3 Å². The fraction of sp³-hybridized carbons (Fsp3) is 0.842. The van der Waals surface area contributed by atoms with Crippen LogP contribution in [0.1, 0.15) is 54.4 Å². The second kappa shape index (κ2) is 9.28. The Morgan fingerprint density at radius 1 is 0.963 bits per heavy atom. The molecule has 156 valence electrons. The molecule has 0 aliphatic carbocycles. The minimum Gasteiger partial charge on any atom is -0.469 e. The number of ether oxygens (including phenoxy) is 3. The molecule has 1 fully saturated rings. The Labute approximate surface area is 161 Å². The Kier molecular flexibility index (Phi) is 7.92. The average Bonchev–Trinajstić information content (AvgIpc) is 2.71. The highest BCUT2D eigenvalue weighted by Gasteiger charge is 2.35. The third-order valence-electron chi connectivity index (χ3n) is 4.11. The van der Waals surface area contributed by atoms with Gasteiger partial charge in [0.2, 0.25) is 0 Å². The number of hydrogen-bond acceptors (Lipinski definition) is 6. The molecule has 1 aliphatic heterocycles. The van der Waals surface area contributed by atoms with Gasteiger partial charge in [0.25, 0.3) is 0 Å². The van der Waals surface area contributed by atoms with E-state index in [0.717, 1.165) is 0 Å². The lowest BCUT2D eigenvalue weighted by atomic mass is 9.88. The van der Waals surface area contributed by atoms with Crippen molar-refractivity contribution >= 4 is 18.2 Å². The van der Waals surface area contributed by atoms with Crippen LogP contribution < -0.4 is 5.32 Å². The lowest BCUT2D eigenvalue weighted by Crippen LogP contribution is -2.39. The molecule has 1 saturated heterocycles. The van der Waals surface area contributed by atoms with Gasteiger partial charge in [-0.25, -0.2) is 9.59 Å². The zero-order chi connectivity index (χ0) is 20.8. The summed E-state index contributed by atoms with van der Waals surface area (Å²) < 4.78 is 15.6. The topological polar surface area (TPSA) is 94.2 Å². The van der Waals surface area contributed by atoms with E-state index in [1.165, 1.54) is 7.11 Å². The predicted octanol–water partition coefficient (Wildman–Crippen LogP) is 2.95. The Bertz CT molecular complexity index is 535. The van der Waals surface area contributed by atoms with E-state index in [1.54, 1.807) is 25.7 Å². The van der Waals surface area contributed by atoms with Crippen LogP contribution in [-0.2, 0) is 19.0 Å². The highest BCUT2D eigenvalue weighted by atomic mass is 16.6. The lowest BCUT2D eigenvalue weighted by Gasteiger charge is -2.26. The normalized spacial score (nSPS) is 21.1. The van der Waals surface area contributed by atoms with Crippen LogP contribution in [0.4, 0.5) is 9.59 Å². The van der Waals surface area contributed by atoms with E-state index < -0.39 is 29.3 Å². The zero-order valence-electron chi connectivity index (χ0n) is 17.6. The predicted molar refractivity (Wildman–Crippen MR) is 100 cm³/mol. The van der Waals surface area contributed by atoms with Crippen molar-refractivity contribution in [1.82, 2.24) is 10.2 Å². The summed E-state index contributed by atoms with van der Waals surface area (Å²) in [6.45, 7) is 11.9. The third kappa shape index (κ3) is 8.49. The molecule has 2 atom stereocenters. The second-order valence-corrected chi connectivity index (χ2v) is 8.82. The fourth-order valence-corrected chi connectivity index (χ4v) is 2.91. The van der Waals surface area contributed by atoms with Gasteiger partial charge in [-0.1, -0.05) is 0 Å². The van der Waals surface area contributed by atoms with Crippen molar-refractivity contribution in [3.8, 4) is 0 Å². The SMILES string of the molecule is COC(=O)[C@H]1CCN(C(=O)OC(C)(C)C)CC[C@H]1CNC(=O)OC(C)(C)C. The van der Waals surface area contributed by atoms with Crippen molar-refractivity contribution in [3.05, 3.63) is 0 Å². The van der Waals surface area contributed by atoms with Crippen molar-refractivity contribution in [2.75, 3.05) is 26.7 Å². The summed E-state index contributed by atoms with van der Waals surface area (Å²) in [5, 5.41) is 2.72. The third-order valence-corrected chi connectivity index (χ3v) is 4.11. The molecule has 0 aromatic heterocycles. The Hall–Kier alpha value is -1.99. The van der Waals surface area contributed by atoms with Crippen molar-refractivity contribution in [2.45, 2.75) is 65.6 Å². The molecule has 2 amide bonds. The van der Waals surface area contributed by atoms with Crippen LogP contribution in [0.5, 0.6) is 0 Å². The number of nitrogens with zero attached hydrogens (tertiary/aromatic N) is 1. The number of amides is 2. The van der Waals surface area contributed by atoms with Gasteiger partial charge in [0.1, 0.15) is 11.2 Å². The molecule has 0 aromatic carbocycles. The molecule has 0 bridgehead atoms. The standard InChI is InChI=1S/C19H34N2O6/c1-18(2,3)26-16(23)20-12-13-8-10-21(17(24)27-19(4,5)6)11-9-14(13)15(22)25-7/h13-14H,8-12H2,1-7H3,(H,20,23)/t13-,14-/m0/s1.